The van der Waals surface area contributed by atoms with E-state index in [9.17, 15) is 5.11 Å². The van der Waals surface area contributed by atoms with Crippen molar-refractivity contribution in [3.05, 3.63) is 24.7 Å². The van der Waals surface area contributed by atoms with E-state index in [2.05, 4.69) is 16.9 Å². The van der Waals surface area contributed by atoms with Crippen molar-refractivity contribution in [2.24, 2.45) is 0 Å². The predicted octanol–water partition coefficient (Wildman–Crippen LogP) is 1.57. The molecule has 3 nitrogen and oxygen atoms in total. The van der Waals surface area contributed by atoms with Crippen LogP contribution in [0.1, 0.15) is 6.92 Å². The quantitative estimate of drug-likeness (QED) is 0.612. The lowest BCUT2D eigenvalue weighted by atomic mass is 10.3. The summed E-state index contributed by atoms with van der Waals surface area (Å²) in [6.45, 7) is 1.75. The average Bonchev–Trinajstić information content (AvgIpc) is 2.46. The first-order valence-corrected chi connectivity index (χ1v) is 3.89. The van der Waals surface area contributed by atoms with Gasteiger partial charge in [0.05, 0.1) is 17.1 Å². The van der Waals surface area contributed by atoms with Gasteiger partial charge in [0.15, 0.2) is 0 Å². The molecule has 3 heteroatoms. The van der Waals surface area contributed by atoms with Gasteiger partial charge in [-0.05, 0) is 13.0 Å². The van der Waals surface area contributed by atoms with Crippen LogP contribution in [0.5, 0.6) is 5.75 Å². The zero-order valence-corrected chi connectivity index (χ0v) is 7.15. The van der Waals surface area contributed by atoms with Gasteiger partial charge in [0.25, 0.3) is 0 Å². The molecule has 2 aromatic heterocycles. The molecule has 0 spiro atoms. The van der Waals surface area contributed by atoms with Crippen LogP contribution in [0.3, 0.4) is 0 Å². The molecule has 0 radical (unpaired) electrons. The van der Waals surface area contributed by atoms with Crippen LogP contribution in [0.4, 0.5) is 0 Å². The van der Waals surface area contributed by atoms with E-state index in [1.54, 1.807) is 30.1 Å². The summed E-state index contributed by atoms with van der Waals surface area (Å²) in [5, 5.41) is 10.2. The van der Waals surface area contributed by atoms with E-state index in [0.29, 0.717) is 0 Å². The summed E-state index contributed by atoms with van der Waals surface area (Å²) in [6.07, 6.45) is 4.89. The molecule has 0 saturated heterocycles. The number of rotatable bonds is 0. The molecule has 0 amide bonds. The van der Waals surface area contributed by atoms with Gasteiger partial charge in [-0.2, -0.15) is 0 Å². The van der Waals surface area contributed by atoms with Crippen molar-refractivity contribution in [1.82, 2.24) is 9.55 Å². The lowest BCUT2D eigenvalue weighted by molar-refractivity contribution is 0.480. The Kier molecular flexibility index (Phi) is 1.67. The van der Waals surface area contributed by atoms with Crippen molar-refractivity contribution < 1.29 is 5.11 Å². The normalized spacial score (nSPS) is 9.62. The summed E-state index contributed by atoms with van der Waals surface area (Å²) < 4.78 is 1.69. The van der Waals surface area contributed by atoms with Gasteiger partial charge in [-0.3, -0.25) is 9.55 Å². The molecule has 2 heterocycles. The average molecular weight is 172 g/mol. The van der Waals surface area contributed by atoms with Gasteiger partial charge >= 0.3 is 0 Å². The SMILES string of the molecule is CC#Cn1cc(O)c2cnccc21. The van der Waals surface area contributed by atoms with Gasteiger partial charge in [-0.15, -0.1) is 0 Å². The fourth-order valence-electron chi connectivity index (χ4n) is 1.27. The second-order valence-corrected chi connectivity index (χ2v) is 2.64. The molecule has 0 aliphatic rings. The molecule has 1 N–H and O–H groups in total. The molecule has 2 rings (SSSR count). The van der Waals surface area contributed by atoms with Crippen molar-refractivity contribution in [3.63, 3.8) is 0 Å². The third-order valence-corrected chi connectivity index (χ3v) is 1.82. The maximum absolute atomic E-state index is 9.49. The van der Waals surface area contributed by atoms with Crippen LogP contribution < -0.4 is 0 Å². The van der Waals surface area contributed by atoms with Crippen LogP contribution in [0.2, 0.25) is 0 Å². The second-order valence-electron chi connectivity index (χ2n) is 2.64. The molecular formula is C10H8N2O. The Morgan fingerprint density at radius 2 is 2.38 bits per heavy atom. The molecule has 0 aliphatic heterocycles. The van der Waals surface area contributed by atoms with E-state index in [1.807, 2.05) is 6.07 Å². The molecule has 64 valence electrons. The molecule has 0 unspecified atom stereocenters. The number of hydrogen-bond donors (Lipinski definition) is 1. The smallest absolute Gasteiger partial charge is 0.143 e. The molecule has 13 heavy (non-hydrogen) atoms. The molecular weight excluding hydrogens is 164 g/mol. The number of nitrogens with zero attached hydrogens (tertiary/aromatic N) is 2. The number of fused-ring (bicyclic) bond motifs is 1. The Morgan fingerprint density at radius 3 is 3.15 bits per heavy atom. The van der Waals surface area contributed by atoms with Gasteiger partial charge in [0.1, 0.15) is 5.75 Å². The maximum atomic E-state index is 9.49. The van der Waals surface area contributed by atoms with E-state index in [-0.39, 0.29) is 5.75 Å². The largest absolute Gasteiger partial charge is 0.506 e. The molecule has 2 aromatic rings. The number of pyridine rings is 1. The molecule has 0 atom stereocenters. The molecule has 0 aromatic carbocycles. The summed E-state index contributed by atoms with van der Waals surface area (Å²) in [4.78, 5) is 3.93. The molecule has 0 saturated carbocycles. The van der Waals surface area contributed by atoms with Gasteiger partial charge in [-0.25, -0.2) is 0 Å². The lowest BCUT2D eigenvalue weighted by Crippen LogP contribution is -1.84. The summed E-state index contributed by atoms with van der Waals surface area (Å²) in [5.74, 6) is 2.98. The van der Waals surface area contributed by atoms with Crippen molar-refractivity contribution in [3.8, 4) is 17.7 Å². The Morgan fingerprint density at radius 1 is 1.54 bits per heavy atom. The number of aromatic nitrogens is 2. The zero-order chi connectivity index (χ0) is 9.26. The highest BCUT2D eigenvalue weighted by molar-refractivity contribution is 5.86. The Labute approximate surface area is 75.6 Å². The van der Waals surface area contributed by atoms with Gasteiger partial charge in [-0.1, -0.05) is 5.92 Å². The minimum atomic E-state index is 0.214. The van der Waals surface area contributed by atoms with Crippen LogP contribution in [-0.2, 0) is 0 Å². The van der Waals surface area contributed by atoms with Crippen LogP contribution in [0.25, 0.3) is 10.9 Å². The predicted molar refractivity (Wildman–Crippen MR) is 50.2 cm³/mol. The first kappa shape index (κ1) is 7.69. The molecule has 0 bridgehead atoms. The van der Waals surface area contributed by atoms with E-state index in [4.69, 9.17) is 0 Å². The Bertz CT molecular complexity index is 502. The van der Waals surface area contributed by atoms with Crippen LogP contribution in [0.15, 0.2) is 24.7 Å². The van der Waals surface area contributed by atoms with E-state index >= 15 is 0 Å². The highest BCUT2D eigenvalue weighted by Gasteiger charge is 2.04. The van der Waals surface area contributed by atoms with Gasteiger partial charge in [0, 0.05) is 18.4 Å². The van der Waals surface area contributed by atoms with Crippen molar-refractivity contribution >= 4 is 10.9 Å². The summed E-state index contributed by atoms with van der Waals surface area (Å²) in [6, 6.07) is 4.67. The standard InChI is InChI=1S/C10H8N2O/c1-2-5-12-7-10(13)8-6-11-4-3-9(8)12/h3-4,6-7,13H,1H3. The fraction of sp³-hybridized carbons (Fsp3) is 0.100. The summed E-state index contributed by atoms with van der Waals surface area (Å²) in [5.41, 5.74) is 0.877. The third kappa shape index (κ3) is 1.13. The highest BCUT2D eigenvalue weighted by Crippen LogP contribution is 2.24. The van der Waals surface area contributed by atoms with Gasteiger partial charge in [0.2, 0.25) is 0 Å². The van der Waals surface area contributed by atoms with Gasteiger partial charge < -0.3 is 5.11 Å². The van der Waals surface area contributed by atoms with E-state index < -0.39 is 0 Å². The van der Waals surface area contributed by atoms with Crippen molar-refractivity contribution in [1.29, 1.82) is 0 Å². The van der Waals surface area contributed by atoms with Crippen LogP contribution in [0, 0.1) is 12.0 Å². The first-order chi connectivity index (χ1) is 6.33. The topological polar surface area (TPSA) is 38.0 Å². The Hall–Kier alpha value is -1.95. The molecule has 0 fully saturated rings. The maximum Gasteiger partial charge on any atom is 0.143 e. The van der Waals surface area contributed by atoms with Crippen molar-refractivity contribution in [2.75, 3.05) is 0 Å². The van der Waals surface area contributed by atoms with Crippen molar-refractivity contribution in [2.45, 2.75) is 6.92 Å². The summed E-state index contributed by atoms with van der Waals surface area (Å²) in [7, 11) is 0. The van der Waals surface area contributed by atoms with E-state index in [0.717, 1.165) is 10.9 Å². The zero-order valence-electron chi connectivity index (χ0n) is 7.15. The van der Waals surface area contributed by atoms with E-state index in [1.165, 1.54) is 0 Å². The number of hydrogen-bond acceptors (Lipinski definition) is 2. The van der Waals surface area contributed by atoms with Crippen LogP contribution >= 0.6 is 0 Å². The lowest BCUT2D eigenvalue weighted by Gasteiger charge is -1.91. The minimum absolute atomic E-state index is 0.214. The fourth-order valence-corrected chi connectivity index (χ4v) is 1.27. The first-order valence-electron chi connectivity index (χ1n) is 3.89. The minimum Gasteiger partial charge on any atom is -0.506 e. The monoisotopic (exact) mass is 172 g/mol. The second kappa shape index (κ2) is 2.83. The Balaban J connectivity index is 2.83. The summed E-state index contributed by atoms with van der Waals surface area (Å²) >= 11 is 0. The highest BCUT2D eigenvalue weighted by atomic mass is 16.3. The van der Waals surface area contributed by atoms with Crippen LogP contribution in [-0.4, -0.2) is 14.7 Å². The number of aromatic hydroxyl groups is 1. The third-order valence-electron chi connectivity index (χ3n) is 1.82. The molecule has 0 aliphatic carbocycles.